The molecule has 0 unspecified atom stereocenters. The van der Waals surface area contributed by atoms with Crippen LogP contribution in [0.15, 0.2) is 24.8 Å². The van der Waals surface area contributed by atoms with E-state index in [1.165, 1.54) is 0 Å². The predicted molar refractivity (Wildman–Crippen MR) is 91.7 cm³/mol. The third-order valence-electron chi connectivity index (χ3n) is 4.51. The van der Waals surface area contributed by atoms with Gasteiger partial charge in [-0.05, 0) is 32.6 Å². The average molecular weight is 328 g/mol. The normalized spacial score (nSPS) is 15.5. The van der Waals surface area contributed by atoms with Crippen molar-refractivity contribution in [1.82, 2.24) is 24.8 Å². The molecular formula is C17H24N6O. The summed E-state index contributed by atoms with van der Waals surface area (Å²) in [6.07, 6.45) is 9.25. The van der Waals surface area contributed by atoms with Crippen LogP contribution in [-0.2, 0) is 11.3 Å². The van der Waals surface area contributed by atoms with Gasteiger partial charge >= 0.3 is 0 Å². The summed E-state index contributed by atoms with van der Waals surface area (Å²) in [5.74, 6) is 2.38. The van der Waals surface area contributed by atoms with Crippen molar-refractivity contribution in [2.75, 3.05) is 24.5 Å². The zero-order chi connectivity index (χ0) is 16.9. The Hall–Kier alpha value is -2.44. The minimum Gasteiger partial charge on any atom is -0.355 e. The van der Waals surface area contributed by atoms with Gasteiger partial charge < -0.3 is 14.8 Å². The molecular weight excluding hydrogens is 304 g/mol. The van der Waals surface area contributed by atoms with E-state index in [9.17, 15) is 4.79 Å². The van der Waals surface area contributed by atoms with E-state index >= 15 is 0 Å². The SMILES string of the molecule is Cc1cncc(N2CCC(CNC(=O)Cn3ccnc3C)CC2)n1. The van der Waals surface area contributed by atoms with E-state index in [4.69, 9.17) is 0 Å². The molecule has 1 N–H and O–H groups in total. The number of imidazole rings is 1. The molecule has 3 rings (SSSR count). The molecule has 24 heavy (non-hydrogen) atoms. The third-order valence-corrected chi connectivity index (χ3v) is 4.51. The third kappa shape index (κ3) is 4.10. The number of nitrogens with zero attached hydrogens (tertiary/aromatic N) is 5. The number of piperidine rings is 1. The van der Waals surface area contributed by atoms with Crippen LogP contribution in [0.1, 0.15) is 24.4 Å². The van der Waals surface area contributed by atoms with E-state index in [-0.39, 0.29) is 5.91 Å². The van der Waals surface area contributed by atoms with E-state index in [2.05, 4.69) is 25.2 Å². The van der Waals surface area contributed by atoms with Gasteiger partial charge in [0, 0.05) is 38.2 Å². The number of hydrogen-bond donors (Lipinski definition) is 1. The molecule has 1 saturated heterocycles. The number of nitrogens with one attached hydrogen (secondary N) is 1. The van der Waals surface area contributed by atoms with Gasteiger partial charge in [0.2, 0.25) is 5.91 Å². The van der Waals surface area contributed by atoms with Gasteiger partial charge in [0.25, 0.3) is 0 Å². The molecule has 7 heteroatoms. The summed E-state index contributed by atoms with van der Waals surface area (Å²) in [5.41, 5.74) is 0.941. The molecule has 1 aliphatic heterocycles. The number of hydrogen-bond acceptors (Lipinski definition) is 5. The van der Waals surface area contributed by atoms with E-state index in [0.717, 1.165) is 49.8 Å². The van der Waals surface area contributed by atoms with Gasteiger partial charge in [-0.25, -0.2) is 9.97 Å². The van der Waals surface area contributed by atoms with Crippen molar-refractivity contribution in [2.45, 2.75) is 33.2 Å². The number of aromatic nitrogens is 4. The summed E-state index contributed by atoms with van der Waals surface area (Å²) in [6, 6.07) is 0. The highest BCUT2D eigenvalue weighted by atomic mass is 16.1. The van der Waals surface area contributed by atoms with Crippen LogP contribution in [-0.4, -0.2) is 45.1 Å². The van der Waals surface area contributed by atoms with E-state index < -0.39 is 0 Å². The maximum absolute atomic E-state index is 12.0. The summed E-state index contributed by atoms with van der Waals surface area (Å²) >= 11 is 0. The zero-order valence-electron chi connectivity index (χ0n) is 14.3. The molecule has 2 aromatic rings. The van der Waals surface area contributed by atoms with Crippen LogP contribution in [0.4, 0.5) is 5.82 Å². The Balaban J connectivity index is 1.42. The highest BCUT2D eigenvalue weighted by Gasteiger charge is 2.21. The molecule has 1 aliphatic rings. The first kappa shape index (κ1) is 16.4. The largest absolute Gasteiger partial charge is 0.355 e. The first-order valence-corrected chi connectivity index (χ1v) is 8.40. The second-order valence-corrected chi connectivity index (χ2v) is 6.36. The fourth-order valence-corrected chi connectivity index (χ4v) is 3.01. The second kappa shape index (κ2) is 7.42. The monoisotopic (exact) mass is 328 g/mol. The molecule has 0 aromatic carbocycles. The number of anilines is 1. The van der Waals surface area contributed by atoms with Crippen molar-refractivity contribution in [1.29, 1.82) is 0 Å². The molecule has 0 atom stereocenters. The van der Waals surface area contributed by atoms with Crippen LogP contribution < -0.4 is 10.2 Å². The van der Waals surface area contributed by atoms with Gasteiger partial charge in [0.1, 0.15) is 18.2 Å². The fourth-order valence-electron chi connectivity index (χ4n) is 3.01. The van der Waals surface area contributed by atoms with Gasteiger partial charge in [0.05, 0.1) is 11.9 Å². The molecule has 7 nitrogen and oxygen atoms in total. The highest BCUT2D eigenvalue weighted by molar-refractivity contribution is 5.75. The first-order chi connectivity index (χ1) is 11.6. The maximum atomic E-state index is 12.0. The Morgan fingerprint density at radius 1 is 1.29 bits per heavy atom. The quantitative estimate of drug-likeness (QED) is 0.896. The number of aryl methyl sites for hydroxylation is 2. The molecule has 2 aromatic heterocycles. The van der Waals surface area contributed by atoms with Gasteiger partial charge in [-0.2, -0.15) is 0 Å². The molecule has 1 fully saturated rings. The fraction of sp³-hybridized carbons (Fsp3) is 0.529. The lowest BCUT2D eigenvalue weighted by Crippen LogP contribution is -2.39. The van der Waals surface area contributed by atoms with Crippen molar-refractivity contribution in [3.63, 3.8) is 0 Å². The van der Waals surface area contributed by atoms with Crippen molar-refractivity contribution >= 4 is 11.7 Å². The molecule has 0 spiro atoms. The minimum absolute atomic E-state index is 0.0445. The molecule has 0 radical (unpaired) electrons. The number of amides is 1. The lowest BCUT2D eigenvalue weighted by molar-refractivity contribution is -0.121. The summed E-state index contributed by atoms with van der Waals surface area (Å²) in [6.45, 7) is 6.85. The van der Waals surface area contributed by atoms with Gasteiger partial charge in [-0.1, -0.05) is 0 Å². The Labute approximate surface area is 142 Å². The summed E-state index contributed by atoms with van der Waals surface area (Å²) in [7, 11) is 0. The van der Waals surface area contributed by atoms with Crippen LogP contribution in [0.3, 0.4) is 0 Å². The molecule has 0 saturated carbocycles. The maximum Gasteiger partial charge on any atom is 0.239 e. The first-order valence-electron chi connectivity index (χ1n) is 8.40. The summed E-state index contributed by atoms with van der Waals surface area (Å²) in [4.78, 5) is 27.2. The summed E-state index contributed by atoms with van der Waals surface area (Å²) in [5, 5.41) is 3.05. The second-order valence-electron chi connectivity index (χ2n) is 6.36. The Morgan fingerprint density at radius 2 is 2.08 bits per heavy atom. The predicted octanol–water partition coefficient (Wildman–Crippen LogP) is 1.32. The minimum atomic E-state index is 0.0445. The highest BCUT2D eigenvalue weighted by Crippen LogP contribution is 2.20. The average Bonchev–Trinajstić information content (AvgIpc) is 2.98. The van der Waals surface area contributed by atoms with E-state index in [1.54, 1.807) is 12.4 Å². The van der Waals surface area contributed by atoms with Crippen LogP contribution in [0.25, 0.3) is 0 Å². The molecule has 128 valence electrons. The molecule has 3 heterocycles. The van der Waals surface area contributed by atoms with Crippen molar-refractivity contribution < 1.29 is 4.79 Å². The summed E-state index contributed by atoms with van der Waals surface area (Å²) < 4.78 is 1.86. The van der Waals surface area contributed by atoms with E-state index in [0.29, 0.717) is 12.5 Å². The number of carbonyl (C=O) groups excluding carboxylic acids is 1. The van der Waals surface area contributed by atoms with Crippen LogP contribution >= 0.6 is 0 Å². The lowest BCUT2D eigenvalue weighted by Gasteiger charge is -2.32. The van der Waals surface area contributed by atoms with Crippen LogP contribution in [0.5, 0.6) is 0 Å². The smallest absolute Gasteiger partial charge is 0.239 e. The Bertz CT molecular complexity index is 690. The standard InChI is InChI=1S/C17H24N6O/c1-13-9-18-11-16(21-13)22-6-3-15(4-7-22)10-20-17(24)12-23-8-5-19-14(23)2/h5,8-9,11,15H,3-4,6-7,10,12H2,1-2H3,(H,20,24). The van der Waals surface area contributed by atoms with E-state index in [1.807, 2.05) is 30.8 Å². The Morgan fingerprint density at radius 3 is 2.75 bits per heavy atom. The van der Waals surface area contributed by atoms with Crippen molar-refractivity contribution in [3.8, 4) is 0 Å². The topological polar surface area (TPSA) is 75.9 Å². The molecule has 1 amide bonds. The lowest BCUT2D eigenvalue weighted by atomic mass is 9.97. The van der Waals surface area contributed by atoms with Crippen LogP contribution in [0.2, 0.25) is 0 Å². The van der Waals surface area contributed by atoms with Gasteiger partial charge in [0.15, 0.2) is 0 Å². The van der Waals surface area contributed by atoms with Crippen LogP contribution in [0, 0.1) is 19.8 Å². The van der Waals surface area contributed by atoms with Gasteiger partial charge in [-0.3, -0.25) is 9.78 Å². The number of carbonyl (C=O) groups is 1. The molecule has 0 aliphatic carbocycles. The van der Waals surface area contributed by atoms with Crippen molar-refractivity contribution in [3.05, 3.63) is 36.3 Å². The number of rotatable bonds is 5. The zero-order valence-corrected chi connectivity index (χ0v) is 14.3. The van der Waals surface area contributed by atoms with Gasteiger partial charge in [-0.15, -0.1) is 0 Å². The Kier molecular flexibility index (Phi) is 5.08. The molecule has 0 bridgehead atoms. The van der Waals surface area contributed by atoms with Crippen molar-refractivity contribution in [2.24, 2.45) is 5.92 Å².